The van der Waals surface area contributed by atoms with Crippen molar-refractivity contribution in [2.75, 3.05) is 6.54 Å². The van der Waals surface area contributed by atoms with E-state index in [0.29, 0.717) is 5.54 Å². The molecule has 0 saturated carbocycles. The molecule has 0 unspecified atom stereocenters. The Bertz CT molecular complexity index is 107. The monoisotopic (exact) mass is 141 g/mol. The molecule has 1 atom stereocenters. The van der Waals surface area contributed by atoms with Crippen LogP contribution < -0.4 is 5.32 Å². The van der Waals surface area contributed by atoms with Crippen LogP contribution in [0.1, 0.15) is 40.0 Å². The first-order valence-corrected chi connectivity index (χ1v) is 4.39. The molecule has 1 fully saturated rings. The van der Waals surface area contributed by atoms with Crippen molar-refractivity contribution >= 4 is 0 Å². The van der Waals surface area contributed by atoms with Crippen molar-refractivity contribution < 1.29 is 0 Å². The molecule has 0 aromatic heterocycles. The van der Waals surface area contributed by atoms with Crippen LogP contribution in [-0.2, 0) is 0 Å². The smallest absolute Gasteiger partial charge is 0.0128 e. The lowest BCUT2D eigenvalue weighted by atomic mass is 9.94. The first kappa shape index (κ1) is 8.06. The van der Waals surface area contributed by atoms with Crippen LogP contribution in [0.25, 0.3) is 0 Å². The standard InChI is InChI=1S/C9H19N/c1-4-5-8-6-9(2,3)10-7-8/h8,10H,4-7H2,1-3H3/t8-/m0/s1. The van der Waals surface area contributed by atoms with Crippen LogP contribution in [0.15, 0.2) is 0 Å². The molecular weight excluding hydrogens is 122 g/mol. The minimum Gasteiger partial charge on any atom is -0.312 e. The van der Waals surface area contributed by atoms with Crippen LogP contribution in [0.5, 0.6) is 0 Å². The van der Waals surface area contributed by atoms with Gasteiger partial charge in [-0.3, -0.25) is 0 Å². The van der Waals surface area contributed by atoms with E-state index >= 15 is 0 Å². The van der Waals surface area contributed by atoms with Crippen molar-refractivity contribution in [3.05, 3.63) is 0 Å². The number of rotatable bonds is 2. The summed E-state index contributed by atoms with van der Waals surface area (Å²) in [6.45, 7) is 8.09. The van der Waals surface area contributed by atoms with Crippen molar-refractivity contribution in [3.8, 4) is 0 Å². The van der Waals surface area contributed by atoms with E-state index in [1.165, 1.54) is 25.8 Å². The Hall–Kier alpha value is -0.0400. The topological polar surface area (TPSA) is 12.0 Å². The lowest BCUT2D eigenvalue weighted by Crippen LogP contribution is -2.31. The molecule has 1 aliphatic rings. The Morgan fingerprint density at radius 1 is 1.50 bits per heavy atom. The van der Waals surface area contributed by atoms with Crippen molar-refractivity contribution in [3.63, 3.8) is 0 Å². The van der Waals surface area contributed by atoms with Gasteiger partial charge >= 0.3 is 0 Å². The molecule has 10 heavy (non-hydrogen) atoms. The minimum absolute atomic E-state index is 0.417. The zero-order valence-electron chi connectivity index (χ0n) is 7.41. The van der Waals surface area contributed by atoms with Gasteiger partial charge in [0.2, 0.25) is 0 Å². The van der Waals surface area contributed by atoms with Crippen LogP contribution in [0, 0.1) is 5.92 Å². The molecular formula is C9H19N. The van der Waals surface area contributed by atoms with E-state index in [-0.39, 0.29) is 0 Å². The van der Waals surface area contributed by atoms with Crippen molar-refractivity contribution in [2.24, 2.45) is 5.92 Å². The Labute approximate surface area is 64.2 Å². The largest absolute Gasteiger partial charge is 0.312 e. The summed E-state index contributed by atoms with van der Waals surface area (Å²) in [5, 5.41) is 3.53. The van der Waals surface area contributed by atoms with E-state index in [4.69, 9.17) is 0 Å². The van der Waals surface area contributed by atoms with Crippen LogP contribution >= 0.6 is 0 Å². The second-order valence-electron chi connectivity index (χ2n) is 4.12. The van der Waals surface area contributed by atoms with Gasteiger partial charge in [-0.1, -0.05) is 13.3 Å². The molecule has 1 rings (SSSR count). The van der Waals surface area contributed by atoms with E-state index in [9.17, 15) is 0 Å². The highest BCUT2D eigenvalue weighted by molar-refractivity contribution is 4.88. The van der Waals surface area contributed by atoms with Gasteiger partial charge < -0.3 is 5.32 Å². The summed E-state index contributed by atoms with van der Waals surface area (Å²) >= 11 is 0. The molecule has 0 aromatic rings. The van der Waals surface area contributed by atoms with Gasteiger partial charge in [-0.2, -0.15) is 0 Å². The van der Waals surface area contributed by atoms with Crippen LogP contribution in [-0.4, -0.2) is 12.1 Å². The summed E-state index contributed by atoms with van der Waals surface area (Å²) in [5.74, 6) is 0.944. The molecule has 0 aromatic carbocycles. The second-order valence-corrected chi connectivity index (χ2v) is 4.12. The number of hydrogen-bond acceptors (Lipinski definition) is 1. The van der Waals surface area contributed by atoms with Gasteiger partial charge in [0, 0.05) is 5.54 Å². The fraction of sp³-hybridized carbons (Fsp3) is 1.00. The van der Waals surface area contributed by atoms with Gasteiger partial charge in [0.15, 0.2) is 0 Å². The number of hydrogen-bond donors (Lipinski definition) is 1. The minimum atomic E-state index is 0.417. The number of nitrogens with one attached hydrogen (secondary N) is 1. The molecule has 1 N–H and O–H groups in total. The van der Waals surface area contributed by atoms with Crippen molar-refractivity contribution in [1.29, 1.82) is 0 Å². The summed E-state index contributed by atoms with van der Waals surface area (Å²) < 4.78 is 0. The first-order chi connectivity index (χ1) is 4.64. The molecule has 1 heteroatoms. The van der Waals surface area contributed by atoms with Gasteiger partial charge in [-0.05, 0) is 39.2 Å². The fourth-order valence-corrected chi connectivity index (χ4v) is 1.90. The van der Waals surface area contributed by atoms with Crippen LogP contribution in [0.3, 0.4) is 0 Å². The average Bonchev–Trinajstić information content (AvgIpc) is 2.12. The van der Waals surface area contributed by atoms with Crippen LogP contribution in [0.4, 0.5) is 0 Å². The highest BCUT2D eigenvalue weighted by Gasteiger charge is 2.28. The average molecular weight is 141 g/mol. The molecule has 60 valence electrons. The summed E-state index contributed by atoms with van der Waals surface area (Å²) in [7, 11) is 0. The molecule has 0 radical (unpaired) electrons. The third-order valence-corrected chi connectivity index (χ3v) is 2.37. The Morgan fingerprint density at radius 2 is 2.20 bits per heavy atom. The molecule has 0 spiro atoms. The molecule has 1 saturated heterocycles. The maximum absolute atomic E-state index is 3.53. The predicted molar refractivity (Wildman–Crippen MR) is 45.1 cm³/mol. The molecule has 0 bridgehead atoms. The third-order valence-electron chi connectivity index (χ3n) is 2.37. The van der Waals surface area contributed by atoms with E-state index in [1.807, 2.05) is 0 Å². The maximum Gasteiger partial charge on any atom is 0.0128 e. The van der Waals surface area contributed by atoms with Gasteiger partial charge in [0.05, 0.1) is 0 Å². The third kappa shape index (κ3) is 1.98. The molecule has 0 aliphatic carbocycles. The molecule has 0 amide bonds. The van der Waals surface area contributed by atoms with Gasteiger partial charge in [-0.25, -0.2) is 0 Å². The van der Waals surface area contributed by atoms with E-state index in [0.717, 1.165) is 5.92 Å². The molecule has 1 nitrogen and oxygen atoms in total. The van der Waals surface area contributed by atoms with Crippen LogP contribution in [0.2, 0.25) is 0 Å². The SMILES string of the molecule is CCC[C@@H]1CNC(C)(C)C1. The highest BCUT2D eigenvalue weighted by atomic mass is 15.0. The molecule has 1 heterocycles. The van der Waals surface area contributed by atoms with E-state index in [2.05, 4.69) is 26.1 Å². The van der Waals surface area contributed by atoms with Gasteiger partial charge in [0.1, 0.15) is 0 Å². The highest BCUT2D eigenvalue weighted by Crippen LogP contribution is 2.25. The first-order valence-electron chi connectivity index (χ1n) is 4.39. The van der Waals surface area contributed by atoms with Gasteiger partial charge in [-0.15, -0.1) is 0 Å². The zero-order valence-corrected chi connectivity index (χ0v) is 7.41. The zero-order chi connectivity index (χ0) is 7.61. The predicted octanol–water partition coefficient (Wildman–Crippen LogP) is 2.17. The fourth-order valence-electron chi connectivity index (χ4n) is 1.90. The van der Waals surface area contributed by atoms with Gasteiger partial charge in [0.25, 0.3) is 0 Å². The van der Waals surface area contributed by atoms with E-state index in [1.54, 1.807) is 0 Å². The Morgan fingerprint density at radius 3 is 2.60 bits per heavy atom. The summed E-state index contributed by atoms with van der Waals surface area (Å²) in [5.41, 5.74) is 0.417. The maximum atomic E-state index is 3.53. The van der Waals surface area contributed by atoms with Crippen molar-refractivity contribution in [2.45, 2.75) is 45.6 Å². The Kier molecular flexibility index (Phi) is 2.35. The van der Waals surface area contributed by atoms with E-state index < -0.39 is 0 Å². The summed E-state index contributed by atoms with van der Waals surface area (Å²) in [6, 6.07) is 0. The summed E-state index contributed by atoms with van der Waals surface area (Å²) in [6.07, 6.45) is 4.10. The van der Waals surface area contributed by atoms with Crippen molar-refractivity contribution in [1.82, 2.24) is 5.32 Å². The second kappa shape index (κ2) is 2.91. The lowest BCUT2D eigenvalue weighted by molar-refractivity contribution is 0.431. The quantitative estimate of drug-likeness (QED) is 0.621. The molecule has 1 aliphatic heterocycles. The lowest BCUT2D eigenvalue weighted by Gasteiger charge is -2.16. The summed E-state index contributed by atoms with van der Waals surface area (Å²) in [4.78, 5) is 0. The Balaban J connectivity index is 2.29. The normalized spacial score (nSPS) is 30.9.